The van der Waals surface area contributed by atoms with Crippen molar-refractivity contribution in [2.24, 2.45) is 11.8 Å². The van der Waals surface area contributed by atoms with Gasteiger partial charge < -0.3 is 20.3 Å². The minimum Gasteiger partial charge on any atom is -0.544 e. The van der Waals surface area contributed by atoms with Crippen LogP contribution in [0.3, 0.4) is 0 Å². The molecule has 3 N–H and O–H groups in total. The van der Waals surface area contributed by atoms with E-state index in [1.807, 2.05) is 37.3 Å². The average molecular weight is 408 g/mol. The van der Waals surface area contributed by atoms with Gasteiger partial charge in [-0.15, -0.1) is 0 Å². The number of nitrogens with zero attached hydrogens (tertiary/aromatic N) is 1. The highest BCUT2D eigenvalue weighted by Crippen LogP contribution is 2.47. The number of aromatic hydroxyl groups is 1. The number of para-hydroxylation sites is 1. The highest BCUT2D eigenvalue weighted by atomic mass is 16.4. The maximum atomic E-state index is 13.4. The van der Waals surface area contributed by atoms with Crippen LogP contribution in [0.1, 0.15) is 36.9 Å². The standard InChI is InChI=1S/C23H24N2O5/c1-2-12-23(22(29)30)18-17(19(24-23)15-10-6-7-11-16(15)26)20(27)25(21(18)28)13-14-8-4-3-5-9-14/h3-11,17-19,24,26H,2,12-13H2,1H3,(H,29,30)/t17-,18-,19-,23+/m0/s1. The first kappa shape index (κ1) is 20.1. The topological polar surface area (TPSA) is 114 Å². The number of nitrogens with two attached hydrogens (primary N) is 1. The van der Waals surface area contributed by atoms with Crippen LogP contribution in [0.2, 0.25) is 0 Å². The molecule has 2 saturated heterocycles. The maximum Gasteiger partial charge on any atom is 0.240 e. The molecule has 4 atom stereocenters. The van der Waals surface area contributed by atoms with Gasteiger partial charge in [0.05, 0.1) is 12.1 Å². The summed E-state index contributed by atoms with van der Waals surface area (Å²) in [6, 6.07) is 15.0. The Kier molecular flexibility index (Phi) is 5.07. The Labute approximate surface area is 174 Å². The number of amides is 2. The number of carboxylic acids is 1. The SMILES string of the molecule is CCC[C@@]1(C(=O)[O-])[NH2+][C@@H](c2ccccc2O)[C@H]2C(=O)N(Cc3ccccc3)C(=O)[C@H]21. The van der Waals surface area contributed by atoms with Crippen LogP contribution < -0.4 is 10.4 Å². The zero-order valence-electron chi connectivity index (χ0n) is 16.7. The number of likely N-dealkylation sites (tertiary alicyclic amines) is 1. The number of fused-ring (bicyclic) bond motifs is 1. The lowest BCUT2D eigenvalue weighted by atomic mass is 9.77. The second-order valence-electron chi connectivity index (χ2n) is 8.08. The van der Waals surface area contributed by atoms with Gasteiger partial charge >= 0.3 is 0 Å². The van der Waals surface area contributed by atoms with Gasteiger partial charge in [0.1, 0.15) is 35.1 Å². The summed E-state index contributed by atoms with van der Waals surface area (Å²) in [6.45, 7) is 1.93. The van der Waals surface area contributed by atoms with Crippen LogP contribution in [0.25, 0.3) is 0 Å². The van der Waals surface area contributed by atoms with Crippen LogP contribution in [0.5, 0.6) is 5.75 Å². The molecule has 2 aliphatic heterocycles. The summed E-state index contributed by atoms with van der Waals surface area (Å²) in [5, 5.41) is 24.3. The molecule has 2 fully saturated rings. The number of benzene rings is 2. The van der Waals surface area contributed by atoms with Gasteiger partial charge in [0.25, 0.3) is 0 Å². The Bertz CT molecular complexity index is 992. The predicted octanol–water partition coefficient (Wildman–Crippen LogP) is 0.101. The third-order valence-corrected chi connectivity index (χ3v) is 6.38. The van der Waals surface area contributed by atoms with Crippen molar-refractivity contribution < 1.29 is 29.9 Å². The van der Waals surface area contributed by atoms with Crippen molar-refractivity contribution in [2.45, 2.75) is 37.9 Å². The lowest BCUT2D eigenvalue weighted by molar-refractivity contribution is -0.739. The molecule has 0 spiro atoms. The number of quaternary nitrogens is 1. The molecule has 0 radical (unpaired) electrons. The minimum absolute atomic E-state index is 0.0232. The molecule has 0 aliphatic carbocycles. The molecule has 7 heteroatoms. The summed E-state index contributed by atoms with van der Waals surface area (Å²) in [7, 11) is 0. The zero-order chi connectivity index (χ0) is 21.5. The Balaban J connectivity index is 1.80. The Morgan fingerprint density at radius 1 is 1.10 bits per heavy atom. The third-order valence-electron chi connectivity index (χ3n) is 6.38. The number of hydrogen-bond acceptors (Lipinski definition) is 5. The molecular weight excluding hydrogens is 384 g/mol. The third kappa shape index (κ3) is 2.97. The predicted molar refractivity (Wildman–Crippen MR) is 104 cm³/mol. The molecule has 2 amide bonds. The zero-order valence-corrected chi connectivity index (χ0v) is 16.7. The Morgan fingerprint density at radius 3 is 2.40 bits per heavy atom. The number of phenolic OH excluding ortho intramolecular Hbond substituents is 1. The Morgan fingerprint density at radius 2 is 1.77 bits per heavy atom. The van der Waals surface area contributed by atoms with E-state index in [0.29, 0.717) is 12.0 Å². The Hall–Kier alpha value is -3.19. The van der Waals surface area contributed by atoms with E-state index in [9.17, 15) is 24.6 Å². The number of carboxylic acid groups (broad SMARTS) is 1. The monoisotopic (exact) mass is 408 g/mol. The molecule has 30 heavy (non-hydrogen) atoms. The molecule has 2 aromatic carbocycles. The quantitative estimate of drug-likeness (QED) is 0.658. The molecule has 2 heterocycles. The van der Waals surface area contributed by atoms with E-state index in [0.717, 1.165) is 10.5 Å². The fourth-order valence-electron chi connectivity index (χ4n) is 5.11. The minimum atomic E-state index is -1.55. The van der Waals surface area contributed by atoms with Gasteiger partial charge in [-0.05, 0) is 24.1 Å². The fraction of sp³-hybridized carbons (Fsp3) is 0.348. The van der Waals surface area contributed by atoms with E-state index < -0.39 is 41.2 Å². The summed E-state index contributed by atoms with van der Waals surface area (Å²) in [4.78, 5) is 40.3. The van der Waals surface area contributed by atoms with Gasteiger partial charge in [-0.1, -0.05) is 49.4 Å². The largest absolute Gasteiger partial charge is 0.544 e. The molecule has 0 aromatic heterocycles. The van der Waals surface area contributed by atoms with Crippen LogP contribution in [0, 0.1) is 11.8 Å². The average Bonchev–Trinajstić information content (AvgIpc) is 3.20. The van der Waals surface area contributed by atoms with Crippen LogP contribution in [-0.4, -0.2) is 33.3 Å². The molecular formula is C23H24N2O5. The lowest BCUT2D eigenvalue weighted by Crippen LogP contribution is -2.99. The van der Waals surface area contributed by atoms with E-state index in [1.54, 1.807) is 23.5 Å². The van der Waals surface area contributed by atoms with Gasteiger partial charge in [-0.3, -0.25) is 14.5 Å². The first-order valence-corrected chi connectivity index (χ1v) is 10.1. The van der Waals surface area contributed by atoms with Crippen molar-refractivity contribution in [3.05, 3.63) is 65.7 Å². The number of imide groups is 1. The van der Waals surface area contributed by atoms with E-state index in [-0.39, 0.29) is 18.7 Å². The number of hydrogen-bond donors (Lipinski definition) is 2. The molecule has 2 aromatic rings. The molecule has 0 bridgehead atoms. The molecule has 0 unspecified atom stereocenters. The van der Waals surface area contributed by atoms with Crippen molar-refractivity contribution in [1.82, 2.24) is 4.90 Å². The summed E-state index contributed by atoms with van der Waals surface area (Å²) in [6.07, 6.45) is 0.708. The highest BCUT2D eigenvalue weighted by Gasteiger charge is 2.69. The van der Waals surface area contributed by atoms with Crippen LogP contribution in [0.15, 0.2) is 54.6 Å². The molecule has 0 saturated carbocycles. The number of carbonyl (C=O) groups is 3. The fourth-order valence-corrected chi connectivity index (χ4v) is 5.11. The van der Waals surface area contributed by atoms with Gasteiger partial charge in [-0.25, -0.2) is 0 Å². The number of rotatable bonds is 6. The summed E-state index contributed by atoms with van der Waals surface area (Å²) < 4.78 is 0. The maximum absolute atomic E-state index is 13.4. The molecule has 2 aliphatic rings. The summed E-state index contributed by atoms with van der Waals surface area (Å²) in [5.74, 6) is -4.18. The second-order valence-corrected chi connectivity index (χ2v) is 8.08. The van der Waals surface area contributed by atoms with Gasteiger partial charge in [0, 0.05) is 6.42 Å². The van der Waals surface area contributed by atoms with Crippen molar-refractivity contribution in [2.75, 3.05) is 0 Å². The normalized spacial score (nSPS) is 28.0. The second kappa shape index (κ2) is 7.57. The van der Waals surface area contributed by atoms with Crippen LogP contribution in [-0.2, 0) is 20.9 Å². The van der Waals surface area contributed by atoms with Crippen molar-refractivity contribution in [3.63, 3.8) is 0 Å². The van der Waals surface area contributed by atoms with Gasteiger partial charge in [0.15, 0.2) is 0 Å². The van der Waals surface area contributed by atoms with Gasteiger partial charge in [-0.2, -0.15) is 0 Å². The molecule has 4 rings (SSSR count). The molecule has 156 valence electrons. The lowest BCUT2D eigenvalue weighted by Gasteiger charge is -2.32. The van der Waals surface area contributed by atoms with E-state index in [2.05, 4.69) is 0 Å². The first-order valence-electron chi connectivity index (χ1n) is 10.1. The smallest absolute Gasteiger partial charge is 0.240 e. The van der Waals surface area contributed by atoms with Gasteiger partial charge in [0.2, 0.25) is 11.8 Å². The number of aliphatic carboxylic acids is 1. The number of phenols is 1. The highest BCUT2D eigenvalue weighted by molar-refractivity contribution is 6.08. The van der Waals surface area contributed by atoms with E-state index in [4.69, 9.17) is 0 Å². The molecule has 7 nitrogen and oxygen atoms in total. The summed E-state index contributed by atoms with van der Waals surface area (Å²) in [5.41, 5.74) is -0.309. The van der Waals surface area contributed by atoms with Crippen molar-refractivity contribution >= 4 is 17.8 Å². The van der Waals surface area contributed by atoms with Crippen molar-refractivity contribution in [3.8, 4) is 5.75 Å². The van der Waals surface area contributed by atoms with E-state index in [1.165, 1.54) is 6.07 Å². The van der Waals surface area contributed by atoms with E-state index >= 15 is 0 Å². The van der Waals surface area contributed by atoms with Crippen LogP contribution in [0.4, 0.5) is 0 Å². The van der Waals surface area contributed by atoms with Crippen LogP contribution >= 0.6 is 0 Å². The number of carbonyl (C=O) groups excluding carboxylic acids is 3. The van der Waals surface area contributed by atoms with Crippen molar-refractivity contribution in [1.29, 1.82) is 0 Å². The first-order chi connectivity index (χ1) is 14.4. The summed E-state index contributed by atoms with van der Waals surface area (Å²) >= 11 is 0.